The van der Waals surface area contributed by atoms with E-state index < -0.39 is 17.8 Å². The van der Waals surface area contributed by atoms with Gasteiger partial charge in [0, 0.05) is 37.9 Å². The summed E-state index contributed by atoms with van der Waals surface area (Å²) in [5, 5.41) is 6.70. The van der Waals surface area contributed by atoms with Crippen LogP contribution in [-0.4, -0.2) is 45.8 Å². The molecule has 1 amide bonds. The van der Waals surface area contributed by atoms with Crippen LogP contribution in [0.5, 0.6) is 0 Å². The summed E-state index contributed by atoms with van der Waals surface area (Å²) in [4.78, 5) is 13.9. The average Bonchev–Trinajstić information content (AvgIpc) is 2.80. The number of carbonyl (C=O) groups is 1. The van der Waals surface area contributed by atoms with Gasteiger partial charge in [0.2, 0.25) is 0 Å². The Morgan fingerprint density at radius 3 is 2.67 bits per heavy atom. The minimum absolute atomic E-state index is 0.281. The van der Waals surface area contributed by atoms with E-state index in [1.807, 2.05) is 13.8 Å². The standard InChI is InChI=1S/C13H19F3N4O/c1-4-20-7-9(10(18-20)13(14,15)16)11(21)19-6-5-17-12(2,3)8-19/h7,17H,4-6,8H2,1-3H3. The molecule has 1 aromatic rings. The molecule has 8 heteroatoms. The second-order valence-corrected chi connectivity index (χ2v) is 5.78. The SMILES string of the molecule is CCn1cc(C(=O)N2CCNC(C)(C)C2)c(C(F)(F)F)n1. The summed E-state index contributed by atoms with van der Waals surface area (Å²) >= 11 is 0. The number of halogens is 3. The van der Waals surface area contributed by atoms with E-state index in [2.05, 4.69) is 10.4 Å². The van der Waals surface area contributed by atoms with E-state index >= 15 is 0 Å². The van der Waals surface area contributed by atoms with Crippen molar-refractivity contribution in [1.82, 2.24) is 20.0 Å². The number of amides is 1. The molecule has 1 saturated heterocycles. The highest BCUT2D eigenvalue weighted by molar-refractivity contribution is 5.95. The van der Waals surface area contributed by atoms with Crippen LogP contribution < -0.4 is 5.32 Å². The van der Waals surface area contributed by atoms with Gasteiger partial charge in [0.1, 0.15) is 0 Å². The smallest absolute Gasteiger partial charge is 0.335 e. The largest absolute Gasteiger partial charge is 0.435 e. The van der Waals surface area contributed by atoms with Crippen LogP contribution in [0.3, 0.4) is 0 Å². The van der Waals surface area contributed by atoms with Gasteiger partial charge in [-0.2, -0.15) is 18.3 Å². The molecule has 0 atom stereocenters. The normalized spacial score (nSPS) is 18.9. The third kappa shape index (κ3) is 3.37. The number of nitrogens with one attached hydrogen (secondary N) is 1. The number of rotatable bonds is 2. The number of nitrogens with zero attached hydrogens (tertiary/aromatic N) is 3. The first-order valence-electron chi connectivity index (χ1n) is 6.83. The molecular weight excluding hydrogens is 285 g/mol. The van der Waals surface area contributed by atoms with Crippen LogP contribution in [0.1, 0.15) is 36.8 Å². The Balaban J connectivity index is 2.32. The highest BCUT2D eigenvalue weighted by atomic mass is 19.4. The molecule has 0 aliphatic carbocycles. The van der Waals surface area contributed by atoms with E-state index in [0.717, 1.165) is 4.68 Å². The van der Waals surface area contributed by atoms with Gasteiger partial charge in [-0.05, 0) is 20.8 Å². The molecule has 0 aromatic carbocycles. The summed E-state index contributed by atoms with van der Waals surface area (Å²) in [6, 6.07) is 0. The zero-order valence-corrected chi connectivity index (χ0v) is 12.3. The fraction of sp³-hybridized carbons (Fsp3) is 0.692. The molecule has 1 aliphatic heterocycles. The number of aryl methyl sites for hydroxylation is 1. The van der Waals surface area contributed by atoms with Crippen molar-refractivity contribution in [3.63, 3.8) is 0 Å². The van der Waals surface area contributed by atoms with E-state index in [4.69, 9.17) is 0 Å². The van der Waals surface area contributed by atoms with E-state index in [1.165, 1.54) is 11.1 Å². The van der Waals surface area contributed by atoms with Gasteiger partial charge in [0.05, 0.1) is 5.56 Å². The Hall–Kier alpha value is -1.57. The number of aromatic nitrogens is 2. The number of carbonyl (C=O) groups excluding carboxylic acids is 1. The van der Waals surface area contributed by atoms with Gasteiger partial charge < -0.3 is 10.2 Å². The summed E-state index contributed by atoms with van der Waals surface area (Å²) in [6.45, 7) is 7.08. The fourth-order valence-corrected chi connectivity index (χ4v) is 2.43. The maximum absolute atomic E-state index is 13.0. The monoisotopic (exact) mass is 304 g/mol. The van der Waals surface area contributed by atoms with Gasteiger partial charge in [0.25, 0.3) is 5.91 Å². The molecule has 2 rings (SSSR count). The number of hydrogen-bond acceptors (Lipinski definition) is 3. The third-order valence-corrected chi connectivity index (χ3v) is 3.44. The second kappa shape index (κ2) is 5.32. The van der Waals surface area contributed by atoms with Crippen molar-refractivity contribution in [2.45, 2.75) is 39.0 Å². The van der Waals surface area contributed by atoms with Crippen molar-refractivity contribution < 1.29 is 18.0 Å². The lowest BCUT2D eigenvalue weighted by molar-refractivity contribution is -0.141. The van der Waals surface area contributed by atoms with Crippen LogP contribution in [0.15, 0.2) is 6.20 Å². The zero-order valence-electron chi connectivity index (χ0n) is 12.3. The molecule has 1 fully saturated rings. The second-order valence-electron chi connectivity index (χ2n) is 5.78. The van der Waals surface area contributed by atoms with Crippen LogP contribution in [0.25, 0.3) is 0 Å². The maximum atomic E-state index is 13.0. The Morgan fingerprint density at radius 1 is 1.48 bits per heavy atom. The van der Waals surface area contributed by atoms with Crippen LogP contribution in [0.4, 0.5) is 13.2 Å². The van der Waals surface area contributed by atoms with Crippen molar-refractivity contribution in [2.75, 3.05) is 19.6 Å². The van der Waals surface area contributed by atoms with Crippen molar-refractivity contribution in [3.8, 4) is 0 Å². The van der Waals surface area contributed by atoms with Crippen LogP contribution in [0, 0.1) is 0 Å². The lowest BCUT2D eigenvalue weighted by atomic mass is 10.0. The highest BCUT2D eigenvalue weighted by Gasteiger charge is 2.41. The first-order valence-corrected chi connectivity index (χ1v) is 6.83. The summed E-state index contributed by atoms with van der Waals surface area (Å²) in [5.41, 5.74) is -1.79. The molecule has 0 saturated carbocycles. The fourth-order valence-electron chi connectivity index (χ4n) is 2.43. The molecule has 2 heterocycles. The van der Waals surface area contributed by atoms with Crippen LogP contribution in [0.2, 0.25) is 0 Å². The van der Waals surface area contributed by atoms with Gasteiger partial charge in [-0.15, -0.1) is 0 Å². The molecule has 0 radical (unpaired) electrons. The Kier molecular flexibility index (Phi) is 4.01. The Bertz CT molecular complexity index is 536. The number of alkyl halides is 3. The van der Waals surface area contributed by atoms with Crippen molar-refractivity contribution in [2.24, 2.45) is 0 Å². The number of piperazine rings is 1. The van der Waals surface area contributed by atoms with Crippen LogP contribution in [-0.2, 0) is 12.7 Å². The summed E-state index contributed by atoms with van der Waals surface area (Å²) in [6.07, 6.45) is -3.45. The third-order valence-electron chi connectivity index (χ3n) is 3.44. The molecule has 118 valence electrons. The molecule has 0 spiro atoms. The molecule has 1 N–H and O–H groups in total. The van der Waals surface area contributed by atoms with E-state index in [9.17, 15) is 18.0 Å². The summed E-state index contributed by atoms with van der Waals surface area (Å²) < 4.78 is 40.2. The lowest BCUT2D eigenvalue weighted by Crippen LogP contribution is -2.58. The molecule has 0 bridgehead atoms. The van der Waals surface area contributed by atoms with Crippen molar-refractivity contribution in [3.05, 3.63) is 17.5 Å². The predicted octanol–water partition coefficient (Wildman–Crippen LogP) is 1.75. The molecule has 5 nitrogen and oxygen atoms in total. The molecule has 0 unspecified atom stereocenters. The topological polar surface area (TPSA) is 50.2 Å². The average molecular weight is 304 g/mol. The first-order chi connectivity index (χ1) is 9.64. The van der Waals surface area contributed by atoms with Gasteiger partial charge in [-0.3, -0.25) is 9.48 Å². The van der Waals surface area contributed by atoms with E-state index in [1.54, 1.807) is 6.92 Å². The predicted molar refractivity (Wildman–Crippen MR) is 70.9 cm³/mol. The molecular formula is C13H19F3N4O. The maximum Gasteiger partial charge on any atom is 0.435 e. The van der Waals surface area contributed by atoms with Crippen molar-refractivity contribution >= 4 is 5.91 Å². The molecule has 1 aromatic heterocycles. The van der Waals surface area contributed by atoms with Gasteiger partial charge in [-0.1, -0.05) is 0 Å². The van der Waals surface area contributed by atoms with Gasteiger partial charge >= 0.3 is 6.18 Å². The van der Waals surface area contributed by atoms with E-state index in [-0.39, 0.29) is 17.6 Å². The van der Waals surface area contributed by atoms with Crippen molar-refractivity contribution in [1.29, 1.82) is 0 Å². The van der Waals surface area contributed by atoms with Crippen LogP contribution >= 0.6 is 0 Å². The highest BCUT2D eigenvalue weighted by Crippen LogP contribution is 2.31. The van der Waals surface area contributed by atoms with E-state index in [0.29, 0.717) is 19.6 Å². The Labute approximate surface area is 121 Å². The minimum atomic E-state index is -4.63. The molecule has 1 aliphatic rings. The summed E-state index contributed by atoms with van der Waals surface area (Å²) in [7, 11) is 0. The molecule has 21 heavy (non-hydrogen) atoms. The quantitative estimate of drug-likeness (QED) is 0.905. The summed E-state index contributed by atoms with van der Waals surface area (Å²) in [5.74, 6) is -0.614. The first kappa shape index (κ1) is 15.8. The minimum Gasteiger partial charge on any atom is -0.335 e. The Morgan fingerprint density at radius 2 is 2.14 bits per heavy atom. The zero-order chi connectivity index (χ0) is 15.8. The van der Waals surface area contributed by atoms with Gasteiger partial charge in [-0.25, -0.2) is 0 Å². The lowest BCUT2D eigenvalue weighted by Gasteiger charge is -2.39. The number of hydrogen-bond donors (Lipinski definition) is 1. The van der Waals surface area contributed by atoms with Gasteiger partial charge in [0.15, 0.2) is 5.69 Å².